The van der Waals surface area contributed by atoms with E-state index in [2.05, 4.69) is 10.5 Å². The highest BCUT2D eigenvalue weighted by atomic mass is 35.6. The van der Waals surface area contributed by atoms with Crippen LogP contribution in [0.3, 0.4) is 0 Å². The smallest absolute Gasteiger partial charge is 0.275 e. The van der Waals surface area contributed by atoms with Crippen molar-refractivity contribution in [2.75, 3.05) is 0 Å². The third-order valence-electron chi connectivity index (χ3n) is 1.58. The molecule has 0 atom stereocenters. The Balaban J connectivity index is 2.77. The number of amides is 1. The van der Waals surface area contributed by atoms with E-state index in [0.29, 0.717) is 5.02 Å². The third kappa shape index (κ3) is 5.00. The van der Waals surface area contributed by atoms with Gasteiger partial charge in [-0.2, -0.15) is 5.10 Å². The fraction of sp³-hybridized carbons (Fsp3) is 0.111. The van der Waals surface area contributed by atoms with Gasteiger partial charge in [-0.05, 0) is 18.2 Å². The zero-order valence-corrected chi connectivity index (χ0v) is 11.1. The Kier molecular flexibility index (Phi) is 4.89. The van der Waals surface area contributed by atoms with Crippen molar-refractivity contribution in [1.82, 2.24) is 5.43 Å². The highest BCUT2D eigenvalue weighted by Gasteiger charge is 2.16. The van der Waals surface area contributed by atoms with E-state index in [4.69, 9.17) is 46.4 Å². The summed E-state index contributed by atoms with van der Waals surface area (Å²) in [6, 6.07) is 4.02. The topological polar surface area (TPSA) is 61.7 Å². The molecule has 0 aliphatic rings. The molecule has 1 rings (SSSR count). The number of nitrogens with zero attached hydrogens (tertiary/aromatic N) is 1. The molecular weight excluding hydrogens is 310 g/mol. The summed E-state index contributed by atoms with van der Waals surface area (Å²) >= 11 is 21.8. The molecule has 0 spiro atoms. The number of alkyl halides is 3. The summed E-state index contributed by atoms with van der Waals surface area (Å²) in [6.45, 7) is 0. The molecule has 1 amide bonds. The van der Waals surface area contributed by atoms with Crippen LogP contribution in [0.5, 0.6) is 5.75 Å². The van der Waals surface area contributed by atoms with Gasteiger partial charge in [0.2, 0.25) is 3.79 Å². The Morgan fingerprint density at radius 1 is 1.41 bits per heavy atom. The number of benzene rings is 1. The van der Waals surface area contributed by atoms with E-state index in [1.54, 1.807) is 0 Å². The SMILES string of the molecule is O=C(NN=CC(Cl)(Cl)Cl)c1cc(Cl)ccc1O. The van der Waals surface area contributed by atoms with E-state index < -0.39 is 9.70 Å². The van der Waals surface area contributed by atoms with Crippen molar-refractivity contribution in [3.8, 4) is 5.75 Å². The van der Waals surface area contributed by atoms with E-state index in [9.17, 15) is 9.90 Å². The van der Waals surface area contributed by atoms with Gasteiger partial charge in [0, 0.05) is 5.02 Å². The molecule has 0 fully saturated rings. The van der Waals surface area contributed by atoms with Crippen LogP contribution in [0.1, 0.15) is 10.4 Å². The number of hydrazone groups is 1. The van der Waals surface area contributed by atoms with Gasteiger partial charge in [0.05, 0.1) is 11.8 Å². The molecule has 2 N–H and O–H groups in total. The zero-order chi connectivity index (χ0) is 13.1. The minimum absolute atomic E-state index is 0.0287. The first-order chi connectivity index (χ1) is 7.79. The van der Waals surface area contributed by atoms with Crippen molar-refractivity contribution in [1.29, 1.82) is 0 Å². The van der Waals surface area contributed by atoms with Crippen molar-refractivity contribution in [2.24, 2.45) is 5.10 Å². The summed E-state index contributed by atoms with van der Waals surface area (Å²) < 4.78 is -1.70. The lowest BCUT2D eigenvalue weighted by Crippen LogP contribution is -2.19. The number of phenols is 1. The molecule has 4 nitrogen and oxygen atoms in total. The Morgan fingerprint density at radius 2 is 2.06 bits per heavy atom. The minimum atomic E-state index is -1.70. The summed E-state index contributed by atoms with van der Waals surface area (Å²) in [6.07, 6.45) is 0.914. The van der Waals surface area contributed by atoms with Gasteiger partial charge in [-0.1, -0.05) is 46.4 Å². The maximum absolute atomic E-state index is 11.5. The summed E-state index contributed by atoms with van der Waals surface area (Å²) in [5.41, 5.74) is 2.05. The molecule has 0 radical (unpaired) electrons. The molecule has 0 aliphatic carbocycles. The molecule has 0 aliphatic heterocycles. The van der Waals surface area contributed by atoms with Gasteiger partial charge in [0.25, 0.3) is 5.91 Å². The summed E-state index contributed by atoms with van der Waals surface area (Å²) in [5.74, 6) is -0.897. The Labute approximate surface area is 117 Å². The Morgan fingerprint density at radius 3 is 2.65 bits per heavy atom. The molecular formula is C9H6Cl4N2O2. The van der Waals surface area contributed by atoms with Crippen molar-refractivity contribution in [2.45, 2.75) is 3.79 Å². The predicted molar refractivity (Wildman–Crippen MR) is 69.4 cm³/mol. The number of nitrogens with one attached hydrogen (secondary N) is 1. The van der Waals surface area contributed by atoms with Crippen LogP contribution < -0.4 is 5.43 Å². The lowest BCUT2D eigenvalue weighted by Gasteiger charge is -2.04. The molecule has 17 heavy (non-hydrogen) atoms. The number of carbonyl (C=O) groups is 1. The molecule has 0 heterocycles. The number of aromatic hydroxyl groups is 1. The van der Waals surface area contributed by atoms with Crippen molar-refractivity contribution in [3.05, 3.63) is 28.8 Å². The van der Waals surface area contributed by atoms with Gasteiger partial charge >= 0.3 is 0 Å². The van der Waals surface area contributed by atoms with Gasteiger partial charge < -0.3 is 5.11 Å². The second-order valence-corrected chi connectivity index (χ2v) is 5.71. The van der Waals surface area contributed by atoms with Crippen LogP contribution in [0.25, 0.3) is 0 Å². The molecule has 0 unspecified atom stereocenters. The monoisotopic (exact) mass is 314 g/mol. The van der Waals surface area contributed by atoms with Crippen LogP contribution in [0.15, 0.2) is 23.3 Å². The normalized spacial score (nSPS) is 11.8. The van der Waals surface area contributed by atoms with Crippen LogP contribution in [-0.2, 0) is 0 Å². The maximum atomic E-state index is 11.5. The molecule has 8 heteroatoms. The number of carbonyl (C=O) groups excluding carboxylic acids is 1. The van der Waals surface area contributed by atoms with Crippen LogP contribution in [0.4, 0.5) is 0 Å². The lowest BCUT2D eigenvalue weighted by molar-refractivity contribution is 0.0952. The summed E-state index contributed by atoms with van der Waals surface area (Å²) in [4.78, 5) is 11.5. The molecule has 0 saturated heterocycles. The summed E-state index contributed by atoms with van der Waals surface area (Å²) in [5, 5.41) is 13.1. The zero-order valence-electron chi connectivity index (χ0n) is 8.12. The fourth-order valence-corrected chi connectivity index (χ4v) is 1.23. The number of halogens is 4. The van der Waals surface area contributed by atoms with Crippen LogP contribution in [-0.4, -0.2) is 21.0 Å². The van der Waals surface area contributed by atoms with Crippen LogP contribution in [0.2, 0.25) is 5.02 Å². The Hall–Kier alpha value is -0.680. The van der Waals surface area contributed by atoms with Gasteiger partial charge in [-0.25, -0.2) is 5.43 Å². The highest BCUT2D eigenvalue weighted by molar-refractivity contribution is 6.74. The molecule has 92 valence electrons. The van der Waals surface area contributed by atoms with E-state index in [1.807, 2.05) is 0 Å². The summed E-state index contributed by atoms with van der Waals surface area (Å²) in [7, 11) is 0. The van der Waals surface area contributed by atoms with Crippen molar-refractivity contribution < 1.29 is 9.90 Å². The first-order valence-corrected chi connectivity index (χ1v) is 5.70. The first kappa shape index (κ1) is 14.4. The van der Waals surface area contributed by atoms with Gasteiger partial charge in [0.1, 0.15) is 5.75 Å². The van der Waals surface area contributed by atoms with E-state index >= 15 is 0 Å². The van der Waals surface area contributed by atoms with Crippen LogP contribution >= 0.6 is 46.4 Å². The second-order valence-electron chi connectivity index (χ2n) is 2.90. The number of hydrogen-bond acceptors (Lipinski definition) is 3. The Bertz CT molecular complexity index is 457. The quantitative estimate of drug-likeness (QED) is 0.500. The van der Waals surface area contributed by atoms with Gasteiger partial charge in [-0.3, -0.25) is 4.79 Å². The van der Waals surface area contributed by atoms with Gasteiger partial charge in [-0.15, -0.1) is 0 Å². The van der Waals surface area contributed by atoms with Crippen LogP contribution in [0, 0.1) is 0 Å². The molecule has 0 aromatic heterocycles. The second kappa shape index (κ2) is 5.78. The molecule has 0 saturated carbocycles. The third-order valence-corrected chi connectivity index (χ3v) is 2.11. The van der Waals surface area contributed by atoms with E-state index in [0.717, 1.165) is 6.21 Å². The van der Waals surface area contributed by atoms with E-state index in [-0.39, 0.29) is 11.3 Å². The predicted octanol–water partition coefficient (Wildman–Crippen LogP) is 3.13. The number of rotatable bonds is 2. The average Bonchev–Trinajstić information content (AvgIpc) is 2.19. The molecule has 1 aromatic carbocycles. The lowest BCUT2D eigenvalue weighted by atomic mass is 10.2. The maximum Gasteiger partial charge on any atom is 0.275 e. The van der Waals surface area contributed by atoms with E-state index in [1.165, 1.54) is 18.2 Å². The average molecular weight is 316 g/mol. The minimum Gasteiger partial charge on any atom is -0.507 e. The van der Waals surface area contributed by atoms with Gasteiger partial charge in [0.15, 0.2) is 0 Å². The number of phenolic OH excluding ortho intramolecular Hbond substituents is 1. The number of hydrogen-bond donors (Lipinski definition) is 2. The highest BCUT2D eigenvalue weighted by Crippen LogP contribution is 2.23. The largest absolute Gasteiger partial charge is 0.507 e. The fourth-order valence-electron chi connectivity index (χ4n) is 0.914. The van der Waals surface area contributed by atoms with Crippen molar-refractivity contribution in [3.63, 3.8) is 0 Å². The standard InChI is InChI=1S/C9H6Cl4N2O2/c10-5-1-2-7(16)6(3-5)8(17)15-14-4-9(11,12)13/h1-4,16H,(H,15,17). The van der Waals surface area contributed by atoms with Crippen molar-refractivity contribution >= 4 is 58.5 Å². The first-order valence-electron chi connectivity index (χ1n) is 4.19. The molecule has 1 aromatic rings. The molecule has 0 bridgehead atoms.